The average Bonchev–Trinajstić information content (AvgIpc) is 2.99. The molecule has 32 heavy (non-hydrogen) atoms. The molecule has 0 spiro atoms. The maximum absolute atomic E-state index is 13.1. The molecular weight excluding hydrogens is 412 g/mol. The first-order valence-corrected chi connectivity index (χ1v) is 10.7. The first kappa shape index (κ1) is 23.6. The fraction of sp³-hybridized carbons (Fsp3) is 0.542. The van der Waals surface area contributed by atoms with E-state index in [4.69, 9.17) is 14.2 Å². The molecule has 0 aromatic heterocycles. The van der Waals surface area contributed by atoms with Crippen molar-refractivity contribution in [2.24, 2.45) is 11.8 Å². The zero-order chi connectivity index (χ0) is 23.7. The lowest BCUT2D eigenvalue weighted by molar-refractivity contribution is -0.151. The van der Waals surface area contributed by atoms with E-state index in [2.05, 4.69) is 5.32 Å². The number of benzene rings is 1. The maximum Gasteiger partial charge on any atom is 0.407 e. The molecule has 3 rings (SSSR count). The fourth-order valence-electron chi connectivity index (χ4n) is 4.99. The molecule has 8 heteroatoms. The first-order chi connectivity index (χ1) is 15.1. The molecule has 2 aliphatic rings. The minimum atomic E-state index is -0.857. The second-order valence-electron chi connectivity index (χ2n) is 9.22. The smallest absolute Gasteiger partial charge is 0.407 e. The largest absolute Gasteiger partial charge is 0.497 e. The Hall–Kier alpha value is -3.03. The minimum Gasteiger partial charge on any atom is -0.497 e. The van der Waals surface area contributed by atoms with Crippen LogP contribution in [0.4, 0.5) is 10.5 Å². The molecule has 0 fully saturated rings. The normalized spacial score (nSPS) is 24.1. The number of anilines is 1. The standard InChI is InChI=1S/C24H32N2O6/c1-23(2,3)32-22(29)25-12-11-24-17-13-16(30-5)8-9-18(17)26(4)19(24)10-7-15(14-27)20(24)21(28)31-6/h8-10,13-15,20H,7,11-12H2,1-6H3,(H,25,29)/t15-,20+,24-/m1/s1. The molecule has 1 aliphatic carbocycles. The van der Waals surface area contributed by atoms with Crippen LogP contribution in [0.25, 0.3) is 0 Å². The van der Waals surface area contributed by atoms with Gasteiger partial charge in [-0.05, 0) is 57.4 Å². The number of nitrogens with one attached hydrogen (secondary N) is 1. The SMILES string of the molecule is COC(=O)[C@@H]1[C@@H](C=O)CC=C2N(C)c3ccc(OC)cc3[C@]21CCNC(=O)OC(C)(C)C. The average molecular weight is 445 g/mol. The summed E-state index contributed by atoms with van der Waals surface area (Å²) in [5.41, 5.74) is 1.24. The Bertz CT molecular complexity index is 935. The molecule has 1 amide bonds. The van der Waals surface area contributed by atoms with E-state index in [9.17, 15) is 14.4 Å². The number of nitrogens with zero attached hydrogens (tertiary/aromatic N) is 1. The van der Waals surface area contributed by atoms with Crippen LogP contribution in [0.5, 0.6) is 5.75 Å². The molecule has 0 radical (unpaired) electrons. The summed E-state index contributed by atoms with van der Waals surface area (Å²) in [5.74, 6) is -1.08. The third kappa shape index (κ3) is 4.06. The molecule has 0 saturated carbocycles. The number of ether oxygens (including phenoxy) is 3. The summed E-state index contributed by atoms with van der Waals surface area (Å²) >= 11 is 0. The highest BCUT2D eigenvalue weighted by molar-refractivity contribution is 5.85. The predicted molar refractivity (Wildman–Crippen MR) is 120 cm³/mol. The van der Waals surface area contributed by atoms with Crippen LogP contribution in [-0.2, 0) is 24.5 Å². The topological polar surface area (TPSA) is 94.2 Å². The van der Waals surface area contributed by atoms with E-state index in [-0.39, 0.29) is 6.54 Å². The molecule has 8 nitrogen and oxygen atoms in total. The quantitative estimate of drug-likeness (QED) is 0.532. The van der Waals surface area contributed by atoms with Gasteiger partial charge in [0.25, 0.3) is 0 Å². The van der Waals surface area contributed by atoms with E-state index in [0.29, 0.717) is 18.6 Å². The summed E-state index contributed by atoms with van der Waals surface area (Å²) in [5, 5.41) is 2.80. The Morgan fingerprint density at radius 2 is 2.00 bits per heavy atom. The number of amides is 1. The zero-order valence-electron chi connectivity index (χ0n) is 19.6. The van der Waals surface area contributed by atoms with E-state index in [1.54, 1.807) is 27.9 Å². The Labute approximate surface area is 188 Å². The van der Waals surface area contributed by atoms with Crippen molar-refractivity contribution in [3.05, 3.63) is 35.5 Å². The monoisotopic (exact) mass is 444 g/mol. The van der Waals surface area contributed by atoms with Crippen LogP contribution in [0.15, 0.2) is 30.0 Å². The van der Waals surface area contributed by atoms with Crippen LogP contribution in [0.1, 0.15) is 39.2 Å². The van der Waals surface area contributed by atoms with Gasteiger partial charge in [-0.3, -0.25) is 4.79 Å². The highest BCUT2D eigenvalue weighted by Crippen LogP contribution is 2.58. The van der Waals surface area contributed by atoms with Gasteiger partial charge >= 0.3 is 12.1 Å². The molecule has 1 N–H and O–H groups in total. The van der Waals surface area contributed by atoms with Crippen molar-refractivity contribution < 1.29 is 28.6 Å². The van der Waals surface area contributed by atoms with Crippen LogP contribution in [0.3, 0.4) is 0 Å². The van der Waals surface area contributed by atoms with E-state index >= 15 is 0 Å². The number of hydrogen-bond donors (Lipinski definition) is 1. The van der Waals surface area contributed by atoms with E-state index < -0.39 is 34.9 Å². The number of aldehydes is 1. The number of alkyl carbamates (subject to hydrolysis) is 1. The van der Waals surface area contributed by atoms with Crippen molar-refractivity contribution in [2.45, 2.75) is 44.6 Å². The van der Waals surface area contributed by atoms with Gasteiger partial charge in [0.15, 0.2) is 0 Å². The molecule has 0 saturated heterocycles. The van der Waals surface area contributed by atoms with Gasteiger partial charge in [-0.15, -0.1) is 0 Å². The summed E-state index contributed by atoms with van der Waals surface area (Å²) in [6.07, 6.45) is 3.13. The fourth-order valence-corrected chi connectivity index (χ4v) is 4.99. The predicted octanol–water partition coefficient (Wildman–Crippen LogP) is 3.19. The Morgan fingerprint density at radius 1 is 1.28 bits per heavy atom. The van der Waals surface area contributed by atoms with E-state index in [1.807, 2.05) is 36.2 Å². The summed E-state index contributed by atoms with van der Waals surface area (Å²) < 4.78 is 16.0. The van der Waals surface area contributed by atoms with Gasteiger partial charge in [-0.2, -0.15) is 0 Å². The summed E-state index contributed by atoms with van der Waals surface area (Å²) in [6, 6.07) is 5.72. The number of carbonyl (C=O) groups is 3. The number of likely N-dealkylation sites (N-methyl/N-ethyl adjacent to an activating group) is 1. The zero-order valence-corrected chi connectivity index (χ0v) is 19.6. The van der Waals surface area contributed by atoms with E-state index in [1.165, 1.54) is 7.11 Å². The molecule has 1 aliphatic heterocycles. The molecular formula is C24H32N2O6. The highest BCUT2D eigenvalue weighted by atomic mass is 16.6. The van der Waals surface area contributed by atoms with Gasteiger partial charge in [0.1, 0.15) is 17.6 Å². The number of hydrogen-bond acceptors (Lipinski definition) is 7. The van der Waals surface area contributed by atoms with Crippen molar-refractivity contribution in [2.75, 3.05) is 32.7 Å². The van der Waals surface area contributed by atoms with Crippen LogP contribution >= 0.6 is 0 Å². The van der Waals surface area contributed by atoms with Crippen LogP contribution in [-0.4, -0.2) is 51.8 Å². The third-order valence-electron chi connectivity index (χ3n) is 6.22. The van der Waals surface area contributed by atoms with Crippen molar-refractivity contribution >= 4 is 24.0 Å². The van der Waals surface area contributed by atoms with Gasteiger partial charge in [-0.1, -0.05) is 6.08 Å². The maximum atomic E-state index is 13.1. The lowest BCUT2D eigenvalue weighted by Crippen LogP contribution is -2.50. The molecule has 1 aromatic rings. The minimum absolute atomic E-state index is 0.246. The second kappa shape index (κ2) is 8.84. The van der Waals surface area contributed by atoms with Crippen LogP contribution in [0, 0.1) is 11.8 Å². The third-order valence-corrected chi connectivity index (χ3v) is 6.22. The van der Waals surface area contributed by atoms with Crippen molar-refractivity contribution in [1.29, 1.82) is 0 Å². The number of carbonyl (C=O) groups excluding carboxylic acids is 3. The van der Waals surface area contributed by atoms with Gasteiger partial charge in [-0.25, -0.2) is 4.79 Å². The molecule has 174 valence electrons. The Kier molecular flexibility index (Phi) is 6.53. The molecule has 0 bridgehead atoms. The molecule has 3 atom stereocenters. The van der Waals surface area contributed by atoms with Crippen molar-refractivity contribution in [3.63, 3.8) is 0 Å². The van der Waals surface area contributed by atoms with Gasteiger partial charge in [0.05, 0.1) is 25.6 Å². The first-order valence-electron chi connectivity index (χ1n) is 10.7. The van der Waals surface area contributed by atoms with Crippen LogP contribution in [0.2, 0.25) is 0 Å². The number of fused-ring (bicyclic) bond motifs is 3. The summed E-state index contributed by atoms with van der Waals surface area (Å²) in [7, 11) is 4.86. The summed E-state index contributed by atoms with van der Waals surface area (Å²) in [4.78, 5) is 39.4. The Morgan fingerprint density at radius 3 is 2.59 bits per heavy atom. The van der Waals surface area contributed by atoms with Crippen LogP contribution < -0.4 is 15.0 Å². The molecule has 0 unspecified atom stereocenters. The Balaban J connectivity index is 2.08. The van der Waals surface area contributed by atoms with Crippen molar-refractivity contribution in [1.82, 2.24) is 5.32 Å². The second-order valence-corrected chi connectivity index (χ2v) is 9.22. The van der Waals surface area contributed by atoms with Crippen molar-refractivity contribution in [3.8, 4) is 5.75 Å². The number of allylic oxidation sites excluding steroid dienone is 2. The lowest BCUT2D eigenvalue weighted by atomic mass is 9.59. The number of methoxy groups -OCH3 is 2. The van der Waals surface area contributed by atoms with Gasteiger partial charge in [0, 0.05) is 30.9 Å². The number of rotatable bonds is 6. The lowest BCUT2D eigenvalue weighted by Gasteiger charge is -2.43. The highest BCUT2D eigenvalue weighted by Gasteiger charge is 2.58. The summed E-state index contributed by atoms with van der Waals surface area (Å²) in [6.45, 7) is 5.63. The van der Waals surface area contributed by atoms with Gasteiger partial charge in [0.2, 0.25) is 0 Å². The van der Waals surface area contributed by atoms with E-state index in [0.717, 1.165) is 23.2 Å². The number of esters is 1. The molecule has 1 heterocycles. The van der Waals surface area contributed by atoms with Gasteiger partial charge < -0.3 is 29.2 Å². The molecule has 1 aromatic carbocycles.